The SMILES string of the molecule is CC(=O)CCCCC[C@H](NC(=O)OCCN1CCCCC1)C(=O)Nc1cnc2ccccc2c1. The molecule has 3 rings (SSSR count). The summed E-state index contributed by atoms with van der Waals surface area (Å²) in [5.74, 6) is -0.148. The average Bonchev–Trinajstić information content (AvgIpc) is 2.83. The number of nitrogens with one attached hydrogen (secondary N) is 2. The number of piperidine rings is 1. The summed E-state index contributed by atoms with van der Waals surface area (Å²) in [5.41, 5.74) is 1.42. The van der Waals surface area contributed by atoms with Crippen LogP contribution in [0.4, 0.5) is 10.5 Å². The first-order valence-electron chi connectivity index (χ1n) is 12.3. The van der Waals surface area contributed by atoms with Crippen molar-refractivity contribution in [3.63, 3.8) is 0 Å². The van der Waals surface area contributed by atoms with E-state index >= 15 is 0 Å². The van der Waals surface area contributed by atoms with Gasteiger partial charge in [-0.1, -0.05) is 37.5 Å². The monoisotopic (exact) mass is 468 g/mol. The fourth-order valence-electron chi connectivity index (χ4n) is 4.17. The first-order valence-corrected chi connectivity index (χ1v) is 12.3. The van der Waals surface area contributed by atoms with E-state index in [2.05, 4.69) is 20.5 Å². The first kappa shape index (κ1) is 25.6. The lowest BCUT2D eigenvalue weighted by molar-refractivity contribution is -0.118. The minimum atomic E-state index is -0.730. The van der Waals surface area contributed by atoms with Crippen LogP contribution in [0.5, 0.6) is 0 Å². The van der Waals surface area contributed by atoms with Crippen LogP contribution in [0.2, 0.25) is 0 Å². The van der Waals surface area contributed by atoms with Crippen molar-refractivity contribution >= 4 is 34.4 Å². The van der Waals surface area contributed by atoms with E-state index in [0.717, 1.165) is 43.3 Å². The van der Waals surface area contributed by atoms with Gasteiger partial charge in [-0.2, -0.15) is 0 Å². The molecule has 2 heterocycles. The molecule has 1 atom stereocenters. The Balaban J connectivity index is 1.53. The molecule has 1 aromatic carbocycles. The van der Waals surface area contributed by atoms with Crippen molar-refractivity contribution < 1.29 is 19.1 Å². The fraction of sp³-hybridized carbons (Fsp3) is 0.538. The van der Waals surface area contributed by atoms with Crippen LogP contribution in [0.15, 0.2) is 36.5 Å². The molecule has 0 spiro atoms. The number of alkyl carbamates (subject to hydrolysis) is 1. The van der Waals surface area contributed by atoms with E-state index < -0.39 is 12.1 Å². The standard InChI is InChI=1S/C26H36N4O4/c1-20(31)10-4-2-5-13-24(29-26(33)34-17-16-30-14-8-3-9-15-30)25(32)28-22-18-21-11-6-7-12-23(21)27-19-22/h6-7,11-12,18-19,24H,2-5,8-10,13-17H2,1H3,(H,28,32)(H,29,33)/t24-/m0/s1. The van der Waals surface area contributed by atoms with Crippen molar-refractivity contribution in [1.29, 1.82) is 0 Å². The maximum absolute atomic E-state index is 13.0. The van der Waals surface area contributed by atoms with Gasteiger partial charge in [-0.05, 0) is 57.8 Å². The third kappa shape index (κ3) is 8.74. The Morgan fingerprint density at radius 2 is 1.88 bits per heavy atom. The number of ketones is 1. The number of amides is 2. The molecular formula is C26H36N4O4. The van der Waals surface area contributed by atoms with E-state index in [9.17, 15) is 14.4 Å². The fourth-order valence-corrected chi connectivity index (χ4v) is 4.17. The highest BCUT2D eigenvalue weighted by Crippen LogP contribution is 2.17. The lowest BCUT2D eigenvalue weighted by Crippen LogP contribution is -2.44. The third-order valence-corrected chi connectivity index (χ3v) is 6.08. The van der Waals surface area contributed by atoms with Gasteiger partial charge in [0.15, 0.2) is 0 Å². The smallest absolute Gasteiger partial charge is 0.407 e. The summed E-state index contributed by atoms with van der Waals surface area (Å²) in [6, 6.07) is 8.80. The second-order valence-corrected chi connectivity index (χ2v) is 8.94. The van der Waals surface area contributed by atoms with Gasteiger partial charge in [0.1, 0.15) is 18.4 Å². The molecule has 184 valence electrons. The number of carbonyl (C=O) groups excluding carboxylic acids is 3. The van der Waals surface area contributed by atoms with Gasteiger partial charge in [0.05, 0.1) is 17.4 Å². The number of hydrogen-bond donors (Lipinski definition) is 2. The van der Waals surface area contributed by atoms with Gasteiger partial charge >= 0.3 is 6.09 Å². The summed E-state index contributed by atoms with van der Waals surface area (Å²) >= 11 is 0. The second-order valence-electron chi connectivity index (χ2n) is 8.94. The highest BCUT2D eigenvalue weighted by molar-refractivity contribution is 5.97. The summed E-state index contributed by atoms with van der Waals surface area (Å²) in [6.07, 6.45) is 7.95. The maximum Gasteiger partial charge on any atom is 0.407 e. The Hall–Kier alpha value is -3.00. The quantitative estimate of drug-likeness (QED) is 0.451. The summed E-state index contributed by atoms with van der Waals surface area (Å²) in [7, 11) is 0. The van der Waals surface area contributed by atoms with Gasteiger partial charge in [-0.25, -0.2) is 4.79 Å². The Labute approximate surface area is 201 Å². The maximum atomic E-state index is 13.0. The van der Waals surface area contributed by atoms with E-state index in [1.54, 1.807) is 13.1 Å². The van der Waals surface area contributed by atoms with Crippen molar-refractivity contribution in [2.24, 2.45) is 0 Å². The molecule has 1 aromatic heterocycles. The lowest BCUT2D eigenvalue weighted by Gasteiger charge is -2.26. The summed E-state index contributed by atoms with van der Waals surface area (Å²) < 4.78 is 5.36. The molecule has 0 aliphatic carbocycles. The minimum absolute atomic E-state index is 0.161. The Bertz CT molecular complexity index is 959. The van der Waals surface area contributed by atoms with Gasteiger partial charge in [-0.3, -0.25) is 14.7 Å². The summed E-state index contributed by atoms with van der Waals surface area (Å²) in [6.45, 7) is 4.66. The van der Waals surface area contributed by atoms with Crippen molar-refractivity contribution in [2.75, 3.05) is 31.6 Å². The van der Waals surface area contributed by atoms with Gasteiger partial charge in [0.25, 0.3) is 0 Å². The molecular weight excluding hydrogens is 432 g/mol. The van der Waals surface area contributed by atoms with Gasteiger partial charge < -0.3 is 20.2 Å². The average molecular weight is 469 g/mol. The van der Waals surface area contributed by atoms with Crippen molar-refractivity contribution in [2.45, 2.75) is 64.3 Å². The minimum Gasteiger partial charge on any atom is -0.448 e. The second kappa shape index (κ2) is 13.6. The molecule has 0 unspecified atom stereocenters. The van der Waals surface area contributed by atoms with Crippen LogP contribution in [-0.2, 0) is 14.3 Å². The largest absolute Gasteiger partial charge is 0.448 e. The number of likely N-dealkylation sites (tertiary alicyclic amines) is 1. The number of fused-ring (bicyclic) bond motifs is 1. The summed E-state index contributed by atoms with van der Waals surface area (Å²) in [4.78, 5) is 43.3. The van der Waals surface area contributed by atoms with E-state index in [4.69, 9.17) is 4.74 Å². The number of aromatic nitrogens is 1. The number of carbonyl (C=O) groups is 3. The number of anilines is 1. The van der Waals surface area contributed by atoms with Gasteiger partial charge in [-0.15, -0.1) is 0 Å². The molecule has 1 saturated heterocycles. The number of para-hydroxylation sites is 1. The number of rotatable bonds is 12. The van der Waals surface area contributed by atoms with E-state index in [0.29, 0.717) is 31.7 Å². The molecule has 2 N–H and O–H groups in total. The molecule has 1 fully saturated rings. The molecule has 2 aromatic rings. The topological polar surface area (TPSA) is 101 Å². The van der Waals surface area contributed by atoms with E-state index in [-0.39, 0.29) is 11.7 Å². The molecule has 0 saturated carbocycles. The lowest BCUT2D eigenvalue weighted by atomic mass is 10.1. The molecule has 8 heteroatoms. The van der Waals surface area contributed by atoms with Crippen LogP contribution in [0.25, 0.3) is 10.9 Å². The molecule has 1 aliphatic heterocycles. The zero-order chi connectivity index (χ0) is 24.2. The van der Waals surface area contributed by atoms with Gasteiger partial charge in [0.2, 0.25) is 5.91 Å². The first-order chi connectivity index (χ1) is 16.5. The van der Waals surface area contributed by atoms with Crippen molar-refractivity contribution in [3.05, 3.63) is 36.5 Å². The predicted molar refractivity (Wildman–Crippen MR) is 133 cm³/mol. The molecule has 1 aliphatic rings. The predicted octanol–water partition coefficient (Wildman–Crippen LogP) is 4.29. The van der Waals surface area contributed by atoms with Crippen LogP contribution >= 0.6 is 0 Å². The highest BCUT2D eigenvalue weighted by atomic mass is 16.5. The highest BCUT2D eigenvalue weighted by Gasteiger charge is 2.22. The summed E-state index contributed by atoms with van der Waals surface area (Å²) in [5, 5.41) is 6.53. The zero-order valence-corrected chi connectivity index (χ0v) is 20.1. The number of nitrogens with zero attached hydrogens (tertiary/aromatic N) is 2. The zero-order valence-electron chi connectivity index (χ0n) is 20.1. The van der Waals surface area contributed by atoms with E-state index in [1.807, 2.05) is 30.3 Å². The van der Waals surface area contributed by atoms with Crippen LogP contribution in [0, 0.1) is 0 Å². The molecule has 0 bridgehead atoms. The number of Topliss-reactive ketones (excluding diaryl/α,β-unsaturated/α-hetero) is 1. The Morgan fingerprint density at radius 1 is 1.09 bits per heavy atom. The number of unbranched alkanes of at least 4 members (excludes halogenated alkanes) is 2. The van der Waals surface area contributed by atoms with Crippen molar-refractivity contribution in [3.8, 4) is 0 Å². The van der Waals surface area contributed by atoms with Crippen LogP contribution in [-0.4, -0.2) is 60.0 Å². The number of pyridine rings is 1. The van der Waals surface area contributed by atoms with Gasteiger partial charge in [0, 0.05) is 18.4 Å². The number of ether oxygens (including phenoxy) is 1. The van der Waals surface area contributed by atoms with Crippen LogP contribution in [0.1, 0.15) is 58.3 Å². The molecule has 0 radical (unpaired) electrons. The molecule has 2 amide bonds. The third-order valence-electron chi connectivity index (χ3n) is 6.08. The molecule has 34 heavy (non-hydrogen) atoms. The number of hydrogen-bond acceptors (Lipinski definition) is 6. The number of benzene rings is 1. The molecule has 8 nitrogen and oxygen atoms in total. The van der Waals surface area contributed by atoms with Crippen molar-refractivity contribution in [1.82, 2.24) is 15.2 Å². The Kier molecular flexibility index (Phi) is 10.3. The van der Waals surface area contributed by atoms with E-state index in [1.165, 1.54) is 19.3 Å². The normalized spacial score (nSPS) is 15.0. The van der Waals surface area contributed by atoms with Crippen LogP contribution in [0.3, 0.4) is 0 Å². The Morgan fingerprint density at radius 3 is 2.68 bits per heavy atom. The van der Waals surface area contributed by atoms with Crippen LogP contribution < -0.4 is 10.6 Å².